The number of carbonyl (C=O) groups excluding carboxylic acids is 1. The summed E-state index contributed by atoms with van der Waals surface area (Å²) in [5.74, 6) is -0.654. The quantitative estimate of drug-likeness (QED) is 0.610. The Morgan fingerprint density at radius 1 is 1.24 bits per heavy atom. The summed E-state index contributed by atoms with van der Waals surface area (Å²) in [4.78, 5) is 11.9. The molecule has 1 heterocycles. The zero-order valence-corrected chi connectivity index (χ0v) is 13.4. The van der Waals surface area contributed by atoms with E-state index in [9.17, 15) is 22.4 Å². The van der Waals surface area contributed by atoms with Gasteiger partial charge in [-0.2, -0.15) is 18.3 Å². The number of nitrogens with zero attached hydrogens (tertiary/aromatic N) is 2. The van der Waals surface area contributed by atoms with E-state index in [0.29, 0.717) is 25.2 Å². The molecule has 0 fully saturated rings. The fourth-order valence-corrected chi connectivity index (χ4v) is 2.11. The van der Waals surface area contributed by atoms with Crippen LogP contribution in [-0.4, -0.2) is 28.8 Å². The highest BCUT2D eigenvalue weighted by Gasteiger charge is 2.38. The van der Waals surface area contributed by atoms with Crippen LogP contribution in [0.4, 0.5) is 17.6 Å². The second-order valence-corrected chi connectivity index (χ2v) is 5.33. The second-order valence-electron chi connectivity index (χ2n) is 5.33. The molecule has 0 aliphatic carbocycles. The van der Waals surface area contributed by atoms with Crippen LogP contribution in [0.5, 0.6) is 5.75 Å². The Morgan fingerprint density at radius 2 is 1.92 bits per heavy atom. The molecule has 1 aromatic carbocycles. The maximum Gasteiger partial charge on any atom is 0.435 e. The molecule has 2 rings (SSSR count). The van der Waals surface area contributed by atoms with Crippen molar-refractivity contribution in [2.75, 3.05) is 13.2 Å². The van der Waals surface area contributed by atoms with Crippen molar-refractivity contribution in [2.45, 2.75) is 19.0 Å². The number of aryl methyl sites for hydroxylation is 1. The van der Waals surface area contributed by atoms with Crippen molar-refractivity contribution >= 4 is 5.91 Å². The first kappa shape index (κ1) is 18.8. The van der Waals surface area contributed by atoms with Gasteiger partial charge in [0.1, 0.15) is 11.6 Å². The molecule has 5 nitrogen and oxygen atoms in total. The first-order chi connectivity index (χ1) is 11.8. The number of ether oxygens (including phenoxy) is 1. The second kappa shape index (κ2) is 8.00. The first-order valence-electron chi connectivity index (χ1n) is 7.55. The summed E-state index contributed by atoms with van der Waals surface area (Å²) in [5.41, 5.74) is -1.70. The number of benzene rings is 1. The van der Waals surface area contributed by atoms with Gasteiger partial charge in [-0.1, -0.05) is 0 Å². The van der Waals surface area contributed by atoms with Crippen molar-refractivity contribution < 1.29 is 27.1 Å². The predicted octanol–water partition coefficient (Wildman–Crippen LogP) is 3.17. The molecule has 1 aromatic heterocycles. The number of hydrogen-bond donors (Lipinski definition) is 1. The molecule has 2 aromatic rings. The summed E-state index contributed by atoms with van der Waals surface area (Å²) in [6.07, 6.45) is -2.54. The lowest BCUT2D eigenvalue weighted by Crippen LogP contribution is -2.26. The minimum atomic E-state index is -4.68. The minimum Gasteiger partial charge on any atom is -0.494 e. The summed E-state index contributed by atoms with van der Waals surface area (Å²) < 4.78 is 57.5. The molecule has 136 valence electrons. The molecule has 9 heteroatoms. The van der Waals surface area contributed by atoms with Crippen molar-refractivity contribution in [3.05, 3.63) is 47.5 Å². The Kier molecular flexibility index (Phi) is 6.00. The number of aromatic nitrogens is 2. The zero-order chi connectivity index (χ0) is 18.4. The molecule has 25 heavy (non-hydrogen) atoms. The average molecular weight is 359 g/mol. The maximum atomic E-state index is 12.8. The number of alkyl halides is 3. The molecule has 0 unspecified atom stereocenters. The molecular weight excluding hydrogens is 342 g/mol. The normalized spacial score (nSPS) is 11.4. The lowest BCUT2D eigenvalue weighted by Gasteiger charge is -2.08. The Bertz CT molecular complexity index is 711. The molecular formula is C16H17F4N3O2. The van der Waals surface area contributed by atoms with Crippen LogP contribution in [0.25, 0.3) is 0 Å². The van der Waals surface area contributed by atoms with E-state index in [1.165, 1.54) is 31.3 Å². The van der Waals surface area contributed by atoms with Crippen LogP contribution >= 0.6 is 0 Å². The van der Waals surface area contributed by atoms with Crippen molar-refractivity contribution in [1.29, 1.82) is 0 Å². The largest absolute Gasteiger partial charge is 0.494 e. The van der Waals surface area contributed by atoms with Crippen LogP contribution in [0.1, 0.15) is 28.9 Å². The predicted molar refractivity (Wildman–Crippen MR) is 81.7 cm³/mol. The third-order valence-electron chi connectivity index (χ3n) is 3.28. The van der Waals surface area contributed by atoms with E-state index in [4.69, 9.17) is 4.74 Å². The molecule has 0 aliphatic rings. The number of unbranched alkanes of at least 4 members (excludes halogenated alkanes) is 1. The van der Waals surface area contributed by atoms with E-state index in [-0.39, 0.29) is 12.4 Å². The monoisotopic (exact) mass is 359 g/mol. The summed E-state index contributed by atoms with van der Waals surface area (Å²) in [6.45, 7) is 0.556. The van der Waals surface area contributed by atoms with Crippen LogP contribution < -0.4 is 10.1 Å². The van der Waals surface area contributed by atoms with Gasteiger partial charge in [0.05, 0.1) is 12.2 Å². The SMILES string of the molecule is Cn1cc(C(=O)NCCCCOc2ccc(F)cc2)c(C(F)(F)F)n1. The maximum absolute atomic E-state index is 12.8. The van der Waals surface area contributed by atoms with Gasteiger partial charge in [0.25, 0.3) is 5.91 Å². The molecule has 0 saturated heterocycles. The van der Waals surface area contributed by atoms with Crippen LogP contribution in [0.15, 0.2) is 30.5 Å². The van der Waals surface area contributed by atoms with E-state index >= 15 is 0 Å². The number of hydrogen-bond acceptors (Lipinski definition) is 3. The van der Waals surface area contributed by atoms with Gasteiger partial charge >= 0.3 is 6.18 Å². The highest BCUT2D eigenvalue weighted by molar-refractivity contribution is 5.95. The Labute approximate surface area is 141 Å². The van der Waals surface area contributed by atoms with E-state index in [1.807, 2.05) is 0 Å². The molecule has 0 spiro atoms. The summed E-state index contributed by atoms with van der Waals surface area (Å²) in [6, 6.07) is 5.56. The molecule has 1 amide bonds. The smallest absolute Gasteiger partial charge is 0.435 e. The highest BCUT2D eigenvalue weighted by Crippen LogP contribution is 2.30. The number of carbonyl (C=O) groups is 1. The summed E-state index contributed by atoms with van der Waals surface area (Å²) >= 11 is 0. The van der Waals surface area contributed by atoms with E-state index < -0.39 is 23.3 Å². The van der Waals surface area contributed by atoms with Gasteiger partial charge < -0.3 is 10.1 Å². The lowest BCUT2D eigenvalue weighted by atomic mass is 10.2. The highest BCUT2D eigenvalue weighted by atomic mass is 19.4. The molecule has 0 bridgehead atoms. The van der Waals surface area contributed by atoms with Crippen LogP contribution in [0.2, 0.25) is 0 Å². The van der Waals surface area contributed by atoms with E-state index in [0.717, 1.165) is 10.9 Å². The van der Waals surface area contributed by atoms with E-state index in [2.05, 4.69) is 10.4 Å². The molecule has 0 aliphatic heterocycles. The van der Waals surface area contributed by atoms with Crippen molar-refractivity contribution in [1.82, 2.24) is 15.1 Å². The molecule has 0 atom stereocenters. The first-order valence-corrected chi connectivity index (χ1v) is 7.55. The number of rotatable bonds is 7. The van der Waals surface area contributed by atoms with Crippen LogP contribution in [-0.2, 0) is 13.2 Å². The topological polar surface area (TPSA) is 56.2 Å². The van der Waals surface area contributed by atoms with Crippen molar-refractivity contribution in [2.24, 2.45) is 7.05 Å². The van der Waals surface area contributed by atoms with E-state index in [1.54, 1.807) is 0 Å². The third kappa shape index (κ3) is 5.47. The van der Waals surface area contributed by atoms with Gasteiger partial charge in [-0.15, -0.1) is 0 Å². The van der Waals surface area contributed by atoms with Crippen molar-refractivity contribution in [3.63, 3.8) is 0 Å². The van der Waals surface area contributed by atoms with Gasteiger partial charge in [-0.3, -0.25) is 9.48 Å². The zero-order valence-electron chi connectivity index (χ0n) is 13.4. The molecule has 0 radical (unpaired) electrons. The molecule has 1 N–H and O–H groups in total. The van der Waals surface area contributed by atoms with Gasteiger partial charge in [0.15, 0.2) is 5.69 Å². The standard InChI is InChI=1S/C16H17F4N3O2/c1-23-10-13(14(22-23)16(18,19)20)15(24)21-8-2-3-9-25-12-6-4-11(17)5-7-12/h4-7,10H,2-3,8-9H2,1H3,(H,21,24). The van der Waals surface area contributed by atoms with Crippen molar-refractivity contribution in [3.8, 4) is 5.75 Å². The number of halogens is 4. The van der Waals surface area contributed by atoms with Gasteiger partial charge in [-0.05, 0) is 37.1 Å². The summed E-state index contributed by atoms with van der Waals surface area (Å²) in [7, 11) is 1.32. The third-order valence-corrected chi connectivity index (χ3v) is 3.28. The fraction of sp³-hybridized carbons (Fsp3) is 0.375. The van der Waals surface area contributed by atoms with Crippen LogP contribution in [0.3, 0.4) is 0 Å². The average Bonchev–Trinajstić information content (AvgIpc) is 2.94. The lowest BCUT2D eigenvalue weighted by molar-refractivity contribution is -0.141. The van der Waals surface area contributed by atoms with Gasteiger partial charge in [0, 0.05) is 19.8 Å². The number of amides is 1. The fourth-order valence-electron chi connectivity index (χ4n) is 2.11. The van der Waals surface area contributed by atoms with Gasteiger partial charge in [0.2, 0.25) is 0 Å². The Balaban J connectivity index is 1.73. The Hall–Kier alpha value is -2.58. The van der Waals surface area contributed by atoms with Crippen LogP contribution in [0, 0.1) is 5.82 Å². The Morgan fingerprint density at radius 3 is 2.56 bits per heavy atom. The molecule has 0 saturated carbocycles. The number of nitrogens with one attached hydrogen (secondary N) is 1. The van der Waals surface area contributed by atoms with Gasteiger partial charge in [-0.25, -0.2) is 4.39 Å². The summed E-state index contributed by atoms with van der Waals surface area (Å²) in [5, 5.41) is 5.72. The minimum absolute atomic E-state index is 0.206.